The summed E-state index contributed by atoms with van der Waals surface area (Å²) >= 11 is 0. The zero-order valence-electron chi connectivity index (χ0n) is 19.1. The van der Waals surface area contributed by atoms with Crippen molar-refractivity contribution >= 4 is 0 Å². The first-order valence-electron chi connectivity index (χ1n) is 11.6. The van der Waals surface area contributed by atoms with Crippen LogP contribution in [0.25, 0.3) is 0 Å². The third kappa shape index (κ3) is 4.91. The molecule has 0 heterocycles. The van der Waals surface area contributed by atoms with Gasteiger partial charge in [-0.25, -0.2) is 4.39 Å². The molecule has 1 unspecified atom stereocenters. The minimum absolute atomic E-state index is 0.101. The number of ether oxygens (including phenoxy) is 2. The summed E-state index contributed by atoms with van der Waals surface area (Å²) < 4.78 is 26.0. The van der Waals surface area contributed by atoms with E-state index in [1.807, 2.05) is 55.5 Å². The lowest BCUT2D eigenvalue weighted by atomic mass is 10.0. The van der Waals surface area contributed by atoms with Crippen LogP contribution in [0.3, 0.4) is 0 Å². The lowest BCUT2D eigenvalue weighted by Crippen LogP contribution is -2.05. The van der Waals surface area contributed by atoms with Gasteiger partial charge in [0.05, 0.1) is 0 Å². The van der Waals surface area contributed by atoms with Crippen molar-refractivity contribution in [3.63, 3.8) is 0 Å². The van der Waals surface area contributed by atoms with Gasteiger partial charge in [0.1, 0.15) is 35.8 Å². The van der Waals surface area contributed by atoms with Crippen molar-refractivity contribution in [2.75, 3.05) is 0 Å². The maximum absolute atomic E-state index is 13.4. The number of fused-ring (bicyclic) bond motifs is 1. The van der Waals surface area contributed by atoms with Crippen molar-refractivity contribution < 1.29 is 19.0 Å². The predicted molar refractivity (Wildman–Crippen MR) is 131 cm³/mol. The van der Waals surface area contributed by atoms with E-state index in [1.54, 1.807) is 18.2 Å². The van der Waals surface area contributed by atoms with Crippen LogP contribution in [0.15, 0.2) is 84.9 Å². The van der Waals surface area contributed by atoms with Gasteiger partial charge >= 0.3 is 0 Å². The van der Waals surface area contributed by atoms with Crippen molar-refractivity contribution in [3.05, 3.63) is 124 Å². The summed E-state index contributed by atoms with van der Waals surface area (Å²) in [6.07, 6.45) is 2.12. The van der Waals surface area contributed by atoms with E-state index in [-0.39, 0.29) is 11.9 Å². The van der Waals surface area contributed by atoms with E-state index >= 15 is 0 Å². The average Bonchev–Trinajstić information content (AvgIpc) is 3.23. The van der Waals surface area contributed by atoms with E-state index in [0.29, 0.717) is 18.8 Å². The molecule has 0 aromatic heterocycles. The molecular weight excluding hydrogens is 427 g/mol. The number of halogens is 1. The molecule has 1 aliphatic carbocycles. The molecule has 34 heavy (non-hydrogen) atoms. The molecule has 4 aromatic rings. The molecule has 1 N–H and O–H groups in total. The minimum Gasteiger partial charge on any atom is -0.508 e. The molecule has 1 aliphatic rings. The monoisotopic (exact) mass is 454 g/mol. The summed E-state index contributed by atoms with van der Waals surface area (Å²) in [5, 5.41) is 10.3. The van der Waals surface area contributed by atoms with Crippen molar-refractivity contribution in [3.8, 4) is 17.2 Å². The Balaban J connectivity index is 1.41. The SMILES string of the molecule is Cc1cc(O)c2c(c1)C(Oc1ccc(OCc3ccccc3)c(Cc3ccc(F)cc3)c1)CC2. The van der Waals surface area contributed by atoms with E-state index in [9.17, 15) is 9.50 Å². The van der Waals surface area contributed by atoms with E-state index in [2.05, 4.69) is 6.07 Å². The van der Waals surface area contributed by atoms with Gasteiger partial charge in [-0.3, -0.25) is 0 Å². The van der Waals surface area contributed by atoms with Gasteiger partial charge in [0, 0.05) is 17.5 Å². The first-order valence-corrected chi connectivity index (χ1v) is 11.6. The topological polar surface area (TPSA) is 38.7 Å². The Bertz CT molecular complexity index is 1280. The molecule has 0 saturated heterocycles. The van der Waals surface area contributed by atoms with Gasteiger partial charge in [-0.15, -0.1) is 0 Å². The van der Waals surface area contributed by atoms with Crippen LogP contribution in [0.1, 0.15) is 45.9 Å². The van der Waals surface area contributed by atoms with Crippen LogP contribution < -0.4 is 9.47 Å². The zero-order chi connectivity index (χ0) is 23.5. The predicted octanol–water partition coefficient (Wildman–Crippen LogP) is 7.08. The molecule has 4 aromatic carbocycles. The number of benzene rings is 4. The van der Waals surface area contributed by atoms with Crippen LogP contribution in [-0.4, -0.2) is 5.11 Å². The Kier molecular flexibility index (Phi) is 6.22. The highest BCUT2D eigenvalue weighted by Gasteiger charge is 2.27. The number of rotatable bonds is 7. The lowest BCUT2D eigenvalue weighted by molar-refractivity contribution is 0.207. The van der Waals surface area contributed by atoms with Gasteiger partial charge in [0.2, 0.25) is 0 Å². The summed E-state index contributed by atoms with van der Waals surface area (Å²) in [7, 11) is 0. The maximum atomic E-state index is 13.4. The van der Waals surface area contributed by atoms with Gasteiger partial charge in [0.25, 0.3) is 0 Å². The second kappa shape index (κ2) is 9.60. The highest BCUT2D eigenvalue weighted by Crippen LogP contribution is 2.40. The first-order chi connectivity index (χ1) is 16.5. The van der Waals surface area contributed by atoms with Crippen LogP contribution in [0.2, 0.25) is 0 Å². The van der Waals surface area contributed by atoms with E-state index in [0.717, 1.165) is 57.7 Å². The quantitative estimate of drug-likeness (QED) is 0.324. The average molecular weight is 455 g/mol. The molecule has 172 valence electrons. The summed E-state index contributed by atoms with van der Waals surface area (Å²) in [5.74, 6) is 1.63. The van der Waals surface area contributed by atoms with Crippen LogP contribution >= 0.6 is 0 Å². The molecular formula is C30H27FO3. The van der Waals surface area contributed by atoms with Crippen LogP contribution in [0.5, 0.6) is 17.2 Å². The minimum atomic E-state index is -0.250. The van der Waals surface area contributed by atoms with Crippen molar-refractivity contribution in [1.29, 1.82) is 0 Å². The molecule has 0 radical (unpaired) electrons. The molecule has 0 bridgehead atoms. The number of hydrogen-bond donors (Lipinski definition) is 1. The highest BCUT2D eigenvalue weighted by atomic mass is 19.1. The van der Waals surface area contributed by atoms with Crippen molar-refractivity contribution in [1.82, 2.24) is 0 Å². The molecule has 0 saturated carbocycles. The van der Waals surface area contributed by atoms with Gasteiger partial charge in [0.15, 0.2) is 0 Å². The molecule has 5 rings (SSSR count). The second-order valence-corrected chi connectivity index (χ2v) is 8.84. The highest BCUT2D eigenvalue weighted by molar-refractivity contribution is 5.48. The summed E-state index contributed by atoms with van der Waals surface area (Å²) in [5.41, 5.74) is 6.12. The molecule has 3 nitrogen and oxygen atoms in total. The van der Waals surface area contributed by atoms with Gasteiger partial charge in [-0.05, 0) is 78.4 Å². The second-order valence-electron chi connectivity index (χ2n) is 8.84. The number of phenolic OH excluding ortho intramolecular Hbond substituents is 1. The smallest absolute Gasteiger partial charge is 0.124 e. The number of aryl methyl sites for hydroxylation is 1. The summed E-state index contributed by atoms with van der Waals surface area (Å²) in [6.45, 7) is 2.45. The molecule has 0 amide bonds. The number of hydrogen-bond acceptors (Lipinski definition) is 3. The lowest BCUT2D eigenvalue weighted by Gasteiger charge is -2.18. The van der Waals surface area contributed by atoms with E-state index < -0.39 is 0 Å². The van der Waals surface area contributed by atoms with Crippen LogP contribution in [0, 0.1) is 12.7 Å². The Hall–Kier alpha value is -3.79. The fraction of sp³-hybridized carbons (Fsp3) is 0.200. The Morgan fingerprint density at radius 1 is 0.912 bits per heavy atom. The molecule has 0 aliphatic heterocycles. The zero-order valence-corrected chi connectivity index (χ0v) is 19.1. The Morgan fingerprint density at radius 3 is 2.50 bits per heavy atom. The standard InChI is InChI=1S/C30H27FO3/c1-20-15-27-26(28(32)16-20)12-14-30(27)34-25-11-13-29(33-19-22-5-3-2-4-6-22)23(18-25)17-21-7-9-24(31)10-8-21/h2-11,13,15-16,18,30,32H,12,14,17,19H2,1H3. The van der Waals surface area contributed by atoms with Gasteiger partial charge in [-0.1, -0.05) is 48.5 Å². The first kappa shape index (κ1) is 22.0. The Labute approximate surface area is 199 Å². The third-order valence-corrected chi connectivity index (χ3v) is 6.26. The molecule has 4 heteroatoms. The summed E-state index contributed by atoms with van der Waals surface area (Å²) in [4.78, 5) is 0. The van der Waals surface area contributed by atoms with E-state index in [1.165, 1.54) is 12.1 Å². The number of aromatic hydroxyl groups is 1. The third-order valence-electron chi connectivity index (χ3n) is 6.26. The molecule has 0 fully saturated rings. The van der Waals surface area contributed by atoms with Crippen molar-refractivity contribution in [2.45, 2.75) is 38.9 Å². The fourth-order valence-corrected chi connectivity index (χ4v) is 4.57. The van der Waals surface area contributed by atoms with Gasteiger partial charge < -0.3 is 14.6 Å². The number of phenols is 1. The Morgan fingerprint density at radius 2 is 1.71 bits per heavy atom. The van der Waals surface area contributed by atoms with Crippen LogP contribution in [-0.2, 0) is 19.4 Å². The summed E-state index contributed by atoms with van der Waals surface area (Å²) in [6, 6.07) is 26.4. The largest absolute Gasteiger partial charge is 0.508 e. The van der Waals surface area contributed by atoms with Gasteiger partial charge in [-0.2, -0.15) is 0 Å². The van der Waals surface area contributed by atoms with E-state index in [4.69, 9.17) is 9.47 Å². The van der Waals surface area contributed by atoms with Crippen LogP contribution in [0.4, 0.5) is 4.39 Å². The molecule has 1 atom stereocenters. The maximum Gasteiger partial charge on any atom is 0.124 e. The molecule has 0 spiro atoms. The normalized spacial score (nSPS) is 14.6. The fourth-order valence-electron chi connectivity index (χ4n) is 4.57. The van der Waals surface area contributed by atoms with Crippen molar-refractivity contribution in [2.24, 2.45) is 0 Å².